The van der Waals surface area contributed by atoms with E-state index in [1.165, 1.54) is 0 Å². The summed E-state index contributed by atoms with van der Waals surface area (Å²) >= 11 is 0. The summed E-state index contributed by atoms with van der Waals surface area (Å²) < 4.78 is 19.9. The number of carbonyl (C=O) groups excluding carboxylic acids is 1. The van der Waals surface area contributed by atoms with Crippen LogP contribution in [0.15, 0.2) is 12.7 Å². The number of epoxide rings is 2. The average Bonchev–Trinajstić information content (AvgIpc) is 3.23. The summed E-state index contributed by atoms with van der Waals surface area (Å²) in [5, 5.41) is 0. The first-order chi connectivity index (χ1) is 8.65. The number of hydrogen-bond acceptors (Lipinski definition) is 5. The molecule has 0 spiro atoms. The molecular weight excluding hydrogens is 236 g/mol. The molecule has 0 aromatic carbocycles. The molecule has 0 saturated carbocycles. The highest BCUT2D eigenvalue weighted by Crippen LogP contribution is 2.12. The Hall–Kier alpha value is -0.910. The molecule has 3 unspecified atom stereocenters. The molecule has 2 saturated heterocycles. The Morgan fingerprint density at radius 3 is 2.22 bits per heavy atom. The Morgan fingerprint density at radius 1 is 1.39 bits per heavy atom. The molecule has 2 aliphatic heterocycles. The third-order valence-electron chi connectivity index (χ3n) is 2.30. The topological polar surface area (TPSA) is 60.6 Å². The molecule has 3 atom stereocenters. The average molecular weight is 257 g/mol. The zero-order chi connectivity index (χ0) is 13.4. The number of hydrogen-bond donors (Lipinski definition) is 0. The van der Waals surface area contributed by atoms with Crippen molar-refractivity contribution in [1.29, 1.82) is 0 Å². The first kappa shape index (κ1) is 15.1. The minimum absolute atomic E-state index is 0.101. The molecule has 2 heterocycles. The van der Waals surface area contributed by atoms with Gasteiger partial charge in [-0.3, -0.25) is 0 Å². The normalized spacial score (nSPS) is 25.4. The zero-order valence-electron chi connectivity index (χ0n) is 10.8. The maximum Gasteiger partial charge on any atom is 0.330 e. The van der Waals surface area contributed by atoms with E-state index in [2.05, 4.69) is 13.5 Å². The Kier molecular flexibility index (Phi) is 6.93. The Morgan fingerprint density at radius 2 is 1.89 bits per heavy atom. The van der Waals surface area contributed by atoms with Crippen LogP contribution in [0.4, 0.5) is 0 Å². The molecule has 0 aromatic heterocycles. The summed E-state index contributed by atoms with van der Waals surface area (Å²) in [6, 6.07) is 0. The van der Waals surface area contributed by atoms with E-state index >= 15 is 0 Å². The predicted octanol–water partition coefficient (Wildman–Crippen LogP) is 1.13. The molecule has 18 heavy (non-hydrogen) atoms. The van der Waals surface area contributed by atoms with Crippen LogP contribution in [-0.2, 0) is 23.7 Å². The van der Waals surface area contributed by atoms with Crippen molar-refractivity contribution in [2.45, 2.75) is 31.7 Å². The minimum Gasteiger partial charge on any atom is -0.460 e. The van der Waals surface area contributed by atoms with Gasteiger partial charge in [0.25, 0.3) is 0 Å². The Labute approximate surface area is 108 Å². The van der Waals surface area contributed by atoms with Gasteiger partial charge in [0.15, 0.2) is 0 Å². The molecule has 2 aliphatic rings. The van der Waals surface area contributed by atoms with E-state index in [9.17, 15) is 4.79 Å². The molecule has 0 N–H and O–H groups in total. The highest BCUT2D eigenvalue weighted by atomic mass is 16.6. The van der Waals surface area contributed by atoms with Crippen molar-refractivity contribution in [2.75, 3.05) is 26.4 Å². The lowest BCUT2D eigenvalue weighted by Crippen LogP contribution is -2.10. The Bertz CT molecular complexity index is 246. The molecule has 0 aromatic rings. The van der Waals surface area contributed by atoms with Gasteiger partial charge in [0.1, 0.15) is 12.2 Å². The first-order valence-electron chi connectivity index (χ1n) is 6.09. The second-order valence-electron chi connectivity index (χ2n) is 4.19. The van der Waals surface area contributed by atoms with Gasteiger partial charge in [-0.05, 0) is 20.3 Å². The van der Waals surface area contributed by atoms with Crippen molar-refractivity contribution >= 4 is 5.97 Å². The highest BCUT2D eigenvalue weighted by Gasteiger charge is 2.26. The molecule has 103 valence electrons. The van der Waals surface area contributed by atoms with E-state index in [0.29, 0.717) is 18.6 Å². The van der Waals surface area contributed by atoms with Gasteiger partial charge >= 0.3 is 5.97 Å². The summed E-state index contributed by atoms with van der Waals surface area (Å²) in [5.74, 6) is -0.383. The maximum absolute atomic E-state index is 10.4. The third kappa shape index (κ3) is 8.22. The van der Waals surface area contributed by atoms with Gasteiger partial charge in [-0.2, -0.15) is 0 Å². The fourth-order valence-electron chi connectivity index (χ4n) is 0.965. The van der Waals surface area contributed by atoms with Crippen LogP contribution < -0.4 is 0 Å². The van der Waals surface area contributed by atoms with Gasteiger partial charge in [0.2, 0.25) is 0 Å². The number of carbonyl (C=O) groups is 1. The van der Waals surface area contributed by atoms with Crippen molar-refractivity contribution in [3.8, 4) is 0 Å². The maximum atomic E-state index is 10.4. The van der Waals surface area contributed by atoms with E-state index < -0.39 is 0 Å². The van der Waals surface area contributed by atoms with E-state index in [4.69, 9.17) is 18.9 Å². The van der Waals surface area contributed by atoms with Crippen molar-refractivity contribution in [3.63, 3.8) is 0 Å². The van der Waals surface area contributed by atoms with Gasteiger partial charge in [-0.15, -0.1) is 0 Å². The number of esters is 1. The molecule has 2 rings (SSSR count). The second kappa shape index (κ2) is 8.24. The molecule has 2 fully saturated rings. The van der Waals surface area contributed by atoms with E-state index in [1.807, 2.05) is 0 Å². The predicted molar refractivity (Wildman–Crippen MR) is 66.0 cm³/mol. The van der Waals surface area contributed by atoms with Crippen LogP contribution in [0.2, 0.25) is 0 Å². The molecule has 5 nitrogen and oxygen atoms in total. The van der Waals surface area contributed by atoms with Gasteiger partial charge in [-0.1, -0.05) is 6.58 Å². The molecule has 0 bridgehead atoms. The molecular formula is C13H21O5. The fourth-order valence-corrected chi connectivity index (χ4v) is 0.965. The molecule has 5 heteroatoms. The summed E-state index contributed by atoms with van der Waals surface area (Å²) in [6.07, 6.45) is 2.43. The zero-order valence-corrected chi connectivity index (χ0v) is 10.8. The SMILES string of the molecule is C(OCC1CO1)C1CO1.[CH2]CC(C)OC(=O)C=C. The number of rotatable bonds is 7. The Balaban J connectivity index is 0.000000180. The second-order valence-corrected chi connectivity index (χ2v) is 4.19. The van der Waals surface area contributed by atoms with E-state index in [1.54, 1.807) is 6.92 Å². The standard InChI is InChI=1S/C7H11O2.C6H10O3/c1-4-6(3)9-7(8)5-2;1(5-3-8-5)7-2-6-4-9-6/h5-6H,1-2,4H2,3H3;5-6H,1-4H2. The summed E-state index contributed by atoms with van der Waals surface area (Å²) in [5.41, 5.74) is 0. The van der Waals surface area contributed by atoms with Crippen LogP contribution in [0.5, 0.6) is 0 Å². The third-order valence-corrected chi connectivity index (χ3v) is 2.30. The first-order valence-corrected chi connectivity index (χ1v) is 6.09. The van der Waals surface area contributed by atoms with Crippen molar-refractivity contribution < 1.29 is 23.7 Å². The van der Waals surface area contributed by atoms with Gasteiger partial charge < -0.3 is 18.9 Å². The molecule has 0 amide bonds. The lowest BCUT2D eigenvalue weighted by molar-refractivity contribution is -0.141. The van der Waals surface area contributed by atoms with Crippen molar-refractivity contribution in [2.24, 2.45) is 0 Å². The minimum atomic E-state index is -0.383. The molecule has 0 aliphatic carbocycles. The van der Waals surface area contributed by atoms with E-state index in [0.717, 1.165) is 32.5 Å². The van der Waals surface area contributed by atoms with Gasteiger partial charge in [0, 0.05) is 6.08 Å². The highest BCUT2D eigenvalue weighted by molar-refractivity contribution is 5.81. The van der Waals surface area contributed by atoms with Crippen molar-refractivity contribution in [1.82, 2.24) is 0 Å². The van der Waals surface area contributed by atoms with Crippen LogP contribution in [0.3, 0.4) is 0 Å². The van der Waals surface area contributed by atoms with Crippen LogP contribution >= 0.6 is 0 Å². The lowest BCUT2D eigenvalue weighted by atomic mass is 10.3. The van der Waals surface area contributed by atoms with Crippen LogP contribution in [0.1, 0.15) is 13.3 Å². The van der Waals surface area contributed by atoms with Gasteiger partial charge in [0.05, 0.1) is 32.5 Å². The van der Waals surface area contributed by atoms with Crippen LogP contribution in [-0.4, -0.2) is 50.7 Å². The van der Waals surface area contributed by atoms with Crippen LogP contribution in [0.25, 0.3) is 0 Å². The van der Waals surface area contributed by atoms with Crippen LogP contribution in [0, 0.1) is 6.92 Å². The number of ether oxygens (including phenoxy) is 4. The smallest absolute Gasteiger partial charge is 0.330 e. The van der Waals surface area contributed by atoms with E-state index in [-0.39, 0.29) is 12.1 Å². The largest absolute Gasteiger partial charge is 0.460 e. The monoisotopic (exact) mass is 257 g/mol. The van der Waals surface area contributed by atoms with Gasteiger partial charge in [-0.25, -0.2) is 4.79 Å². The summed E-state index contributed by atoms with van der Waals surface area (Å²) in [7, 11) is 0. The quantitative estimate of drug-likeness (QED) is 0.389. The fraction of sp³-hybridized carbons (Fsp3) is 0.692. The summed E-state index contributed by atoms with van der Waals surface area (Å²) in [6.45, 7) is 11.9. The summed E-state index contributed by atoms with van der Waals surface area (Å²) in [4.78, 5) is 10.4. The van der Waals surface area contributed by atoms with Crippen molar-refractivity contribution in [3.05, 3.63) is 19.6 Å². The lowest BCUT2D eigenvalue weighted by Gasteiger charge is -2.06. The molecule has 1 radical (unpaired) electrons.